The number of hydrogen-bond acceptors (Lipinski definition) is 7. The van der Waals surface area contributed by atoms with Gasteiger partial charge in [0.05, 0.1) is 20.8 Å². The minimum atomic E-state index is -2.47. The van der Waals surface area contributed by atoms with Gasteiger partial charge in [-0.15, -0.1) is 4.98 Å². The van der Waals surface area contributed by atoms with Crippen molar-refractivity contribution in [3.63, 3.8) is 0 Å². The second-order valence-electron chi connectivity index (χ2n) is 3.03. The number of nitrogens with one attached hydrogen (secondary N) is 1. The van der Waals surface area contributed by atoms with Crippen LogP contribution in [0.5, 0.6) is 12.0 Å². The van der Waals surface area contributed by atoms with Gasteiger partial charge in [0.1, 0.15) is 6.61 Å². The summed E-state index contributed by atoms with van der Waals surface area (Å²) in [6.07, 6.45) is -2.47. The Balaban J connectivity index is 2.41. The highest BCUT2D eigenvalue weighted by molar-refractivity contribution is 5.27. The first-order valence-corrected chi connectivity index (χ1v) is 5.09. The van der Waals surface area contributed by atoms with Gasteiger partial charge >= 0.3 is 12.0 Å². The number of halogens is 2. The number of aromatic nitrogens is 3. The summed E-state index contributed by atoms with van der Waals surface area (Å²) >= 11 is 0. The lowest BCUT2D eigenvalue weighted by atomic mass is 10.6. The van der Waals surface area contributed by atoms with E-state index in [4.69, 9.17) is 9.47 Å². The SMILES string of the molecule is COc1nc(NCCOCC(F)F)nc(OC)n1. The van der Waals surface area contributed by atoms with Crippen molar-refractivity contribution in [2.24, 2.45) is 0 Å². The number of nitrogens with zero attached hydrogens (tertiary/aromatic N) is 3. The summed E-state index contributed by atoms with van der Waals surface area (Å²) in [5.74, 6) is 0.222. The molecule has 0 spiro atoms. The van der Waals surface area contributed by atoms with Gasteiger partial charge in [0, 0.05) is 6.54 Å². The van der Waals surface area contributed by atoms with Crippen LogP contribution in [0.3, 0.4) is 0 Å². The van der Waals surface area contributed by atoms with E-state index in [-0.39, 0.29) is 31.1 Å². The highest BCUT2D eigenvalue weighted by Gasteiger charge is 2.06. The van der Waals surface area contributed by atoms with Crippen molar-refractivity contribution in [1.82, 2.24) is 15.0 Å². The van der Waals surface area contributed by atoms with Crippen LogP contribution < -0.4 is 14.8 Å². The molecule has 7 nitrogen and oxygen atoms in total. The first kappa shape index (κ1) is 14.3. The molecule has 0 saturated heterocycles. The minimum absolute atomic E-state index is 0.0952. The molecule has 1 aromatic rings. The molecule has 1 N–H and O–H groups in total. The lowest BCUT2D eigenvalue weighted by molar-refractivity contribution is 0.0214. The average molecular weight is 264 g/mol. The molecule has 0 saturated carbocycles. The molecule has 0 atom stereocenters. The normalized spacial score (nSPS) is 10.5. The maximum Gasteiger partial charge on any atom is 0.324 e. The van der Waals surface area contributed by atoms with E-state index in [2.05, 4.69) is 25.0 Å². The lowest BCUT2D eigenvalue weighted by Crippen LogP contribution is -2.15. The quantitative estimate of drug-likeness (QED) is 0.688. The van der Waals surface area contributed by atoms with Crippen LogP contribution in [0, 0.1) is 0 Å². The zero-order valence-corrected chi connectivity index (χ0v) is 10.0. The number of alkyl halides is 2. The predicted octanol–water partition coefficient (Wildman–Crippen LogP) is 0.582. The molecule has 0 aliphatic carbocycles. The van der Waals surface area contributed by atoms with Gasteiger partial charge < -0.3 is 19.5 Å². The van der Waals surface area contributed by atoms with Crippen molar-refractivity contribution >= 4 is 5.95 Å². The molecule has 9 heteroatoms. The van der Waals surface area contributed by atoms with Gasteiger partial charge in [0.15, 0.2) is 0 Å². The lowest BCUT2D eigenvalue weighted by Gasteiger charge is -2.07. The standard InChI is InChI=1S/C9H14F2N4O3/c1-16-8-13-7(14-9(15-8)17-2)12-3-4-18-5-6(10)11/h6H,3-5H2,1-2H3,(H,12,13,14,15). The van der Waals surface area contributed by atoms with Crippen LogP contribution in [0.2, 0.25) is 0 Å². The first-order valence-electron chi connectivity index (χ1n) is 5.09. The van der Waals surface area contributed by atoms with Gasteiger partial charge in [-0.2, -0.15) is 9.97 Å². The number of rotatable bonds is 8. The van der Waals surface area contributed by atoms with Crippen LogP contribution in [0.4, 0.5) is 14.7 Å². The van der Waals surface area contributed by atoms with Crippen LogP contribution >= 0.6 is 0 Å². The van der Waals surface area contributed by atoms with E-state index in [1.54, 1.807) is 0 Å². The number of anilines is 1. The molecule has 0 fully saturated rings. The maximum atomic E-state index is 11.8. The smallest absolute Gasteiger partial charge is 0.324 e. The van der Waals surface area contributed by atoms with Crippen LogP contribution in [0.1, 0.15) is 0 Å². The summed E-state index contributed by atoms with van der Waals surface area (Å²) in [6.45, 7) is -0.199. The van der Waals surface area contributed by atoms with E-state index in [0.717, 1.165) is 0 Å². The number of methoxy groups -OCH3 is 2. The molecule has 1 aromatic heterocycles. The third kappa shape index (κ3) is 5.04. The van der Waals surface area contributed by atoms with Crippen LogP contribution in [0.15, 0.2) is 0 Å². The molecule has 0 radical (unpaired) electrons. The average Bonchev–Trinajstić information content (AvgIpc) is 2.37. The Morgan fingerprint density at radius 1 is 1.11 bits per heavy atom. The van der Waals surface area contributed by atoms with Crippen molar-refractivity contribution in [3.8, 4) is 12.0 Å². The fourth-order valence-electron chi connectivity index (χ4n) is 1.01. The van der Waals surface area contributed by atoms with Gasteiger partial charge in [0.25, 0.3) is 6.43 Å². The zero-order valence-electron chi connectivity index (χ0n) is 10.0. The molecule has 0 aromatic carbocycles. The van der Waals surface area contributed by atoms with Crippen molar-refractivity contribution in [2.45, 2.75) is 6.43 Å². The van der Waals surface area contributed by atoms with Crippen LogP contribution in [-0.4, -0.2) is 55.4 Å². The fourth-order valence-corrected chi connectivity index (χ4v) is 1.01. The van der Waals surface area contributed by atoms with Crippen molar-refractivity contribution < 1.29 is 23.0 Å². The van der Waals surface area contributed by atoms with E-state index < -0.39 is 13.0 Å². The molecule has 0 amide bonds. The van der Waals surface area contributed by atoms with E-state index in [1.165, 1.54) is 14.2 Å². The fraction of sp³-hybridized carbons (Fsp3) is 0.667. The highest BCUT2D eigenvalue weighted by Crippen LogP contribution is 2.11. The molecular weight excluding hydrogens is 250 g/mol. The van der Waals surface area contributed by atoms with E-state index >= 15 is 0 Å². The number of hydrogen-bond donors (Lipinski definition) is 1. The monoisotopic (exact) mass is 264 g/mol. The van der Waals surface area contributed by atoms with Gasteiger partial charge in [-0.05, 0) is 0 Å². The molecule has 0 unspecified atom stereocenters. The molecule has 0 aliphatic rings. The molecular formula is C9H14F2N4O3. The summed E-state index contributed by atoms with van der Waals surface area (Å²) in [6, 6.07) is 0.190. The summed E-state index contributed by atoms with van der Waals surface area (Å²) in [5, 5.41) is 2.78. The molecule has 0 bridgehead atoms. The van der Waals surface area contributed by atoms with Gasteiger partial charge in [-0.3, -0.25) is 0 Å². The first-order chi connectivity index (χ1) is 8.65. The Labute approximate surface area is 103 Å². The molecule has 1 heterocycles. The summed E-state index contributed by atoms with van der Waals surface area (Å²) in [7, 11) is 2.81. The van der Waals surface area contributed by atoms with Crippen molar-refractivity contribution in [1.29, 1.82) is 0 Å². The summed E-state index contributed by atoms with van der Waals surface area (Å²) in [5.41, 5.74) is 0. The maximum absolute atomic E-state index is 11.8. The molecule has 0 aliphatic heterocycles. The Morgan fingerprint density at radius 2 is 1.72 bits per heavy atom. The number of ether oxygens (including phenoxy) is 3. The van der Waals surface area contributed by atoms with Crippen LogP contribution in [-0.2, 0) is 4.74 Å². The summed E-state index contributed by atoms with van der Waals surface area (Å²) in [4.78, 5) is 11.6. The minimum Gasteiger partial charge on any atom is -0.467 e. The molecule has 1 rings (SSSR count). The Hall–Kier alpha value is -1.77. The topological polar surface area (TPSA) is 78.4 Å². The second kappa shape index (κ2) is 7.54. The van der Waals surface area contributed by atoms with E-state index in [1.807, 2.05) is 0 Å². The Bertz CT molecular complexity index is 345. The van der Waals surface area contributed by atoms with Crippen LogP contribution in [0.25, 0.3) is 0 Å². The Kier molecular flexibility index (Phi) is 5.98. The van der Waals surface area contributed by atoms with Gasteiger partial charge in [-0.25, -0.2) is 8.78 Å². The third-order valence-electron chi connectivity index (χ3n) is 1.73. The van der Waals surface area contributed by atoms with Crippen molar-refractivity contribution in [3.05, 3.63) is 0 Å². The van der Waals surface area contributed by atoms with Gasteiger partial charge in [-0.1, -0.05) is 0 Å². The van der Waals surface area contributed by atoms with Gasteiger partial charge in [0.2, 0.25) is 5.95 Å². The summed E-state index contributed by atoms with van der Waals surface area (Å²) < 4.78 is 37.9. The highest BCUT2D eigenvalue weighted by atomic mass is 19.3. The Morgan fingerprint density at radius 3 is 2.22 bits per heavy atom. The van der Waals surface area contributed by atoms with E-state index in [9.17, 15) is 8.78 Å². The van der Waals surface area contributed by atoms with E-state index in [0.29, 0.717) is 0 Å². The third-order valence-corrected chi connectivity index (χ3v) is 1.73. The predicted molar refractivity (Wildman–Crippen MR) is 58.2 cm³/mol. The molecule has 102 valence electrons. The molecule has 18 heavy (non-hydrogen) atoms. The van der Waals surface area contributed by atoms with Crippen molar-refractivity contribution in [2.75, 3.05) is 39.3 Å². The zero-order chi connectivity index (χ0) is 13.4. The second-order valence-corrected chi connectivity index (χ2v) is 3.03. The largest absolute Gasteiger partial charge is 0.467 e.